The molecule has 0 aliphatic carbocycles. The minimum Gasteiger partial charge on any atom is -0.497 e. The molecule has 0 bridgehead atoms. The molecular formula is C25H21ClFN3O4. The van der Waals surface area contributed by atoms with Gasteiger partial charge in [0.2, 0.25) is 5.91 Å². The number of hydrogen-bond acceptors (Lipinski definition) is 4. The number of imide groups is 1. The Labute approximate surface area is 200 Å². The standard InChI is InChI=1S/C25H21ClFN3O4/c1-34-21-7-2-4-16(12-21)15-29-22(14-23(31)28-19-6-3-5-18(27)13-19)24(32)30(25(29)33)20-10-8-17(26)9-11-20/h2-13,22H,14-15H2,1H3,(H,28,31)/t22-/m1/s1. The van der Waals surface area contributed by atoms with Gasteiger partial charge in [-0.25, -0.2) is 14.1 Å². The largest absolute Gasteiger partial charge is 0.497 e. The fourth-order valence-electron chi connectivity index (χ4n) is 3.76. The number of hydrogen-bond donors (Lipinski definition) is 1. The summed E-state index contributed by atoms with van der Waals surface area (Å²) in [6, 6.07) is 17.2. The summed E-state index contributed by atoms with van der Waals surface area (Å²) in [5, 5.41) is 3.04. The molecule has 1 aliphatic heterocycles. The number of nitrogens with one attached hydrogen (secondary N) is 1. The first-order valence-electron chi connectivity index (χ1n) is 10.4. The van der Waals surface area contributed by atoms with Crippen LogP contribution in [-0.4, -0.2) is 35.9 Å². The summed E-state index contributed by atoms with van der Waals surface area (Å²) in [6.45, 7) is 0.0871. The Morgan fingerprint density at radius 2 is 1.79 bits per heavy atom. The molecule has 174 valence electrons. The van der Waals surface area contributed by atoms with Crippen molar-refractivity contribution >= 4 is 40.8 Å². The van der Waals surface area contributed by atoms with Crippen molar-refractivity contribution in [1.82, 2.24) is 4.90 Å². The van der Waals surface area contributed by atoms with Gasteiger partial charge in [-0.15, -0.1) is 0 Å². The molecule has 7 nitrogen and oxygen atoms in total. The number of anilines is 2. The fourth-order valence-corrected chi connectivity index (χ4v) is 3.89. The van der Waals surface area contributed by atoms with Crippen LogP contribution in [0.25, 0.3) is 0 Å². The van der Waals surface area contributed by atoms with E-state index in [1.165, 1.54) is 36.3 Å². The maximum absolute atomic E-state index is 13.5. The highest BCUT2D eigenvalue weighted by Crippen LogP contribution is 2.30. The van der Waals surface area contributed by atoms with Gasteiger partial charge in [0.05, 0.1) is 19.2 Å². The maximum atomic E-state index is 13.5. The SMILES string of the molecule is COc1cccc(CN2C(=O)N(c3ccc(Cl)cc3)C(=O)[C@H]2CC(=O)Nc2cccc(F)c2)c1. The molecule has 9 heteroatoms. The predicted octanol–water partition coefficient (Wildman–Crippen LogP) is 4.85. The van der Waals surface area contributed by atoms with E-state index >= 15 is 0 Å². The summed E-state index contributed by atoms with van der Waals surface area (Å²) in [6.07, 6.45) is -0.296. The summed E-state index contributed by atoms with van der Waals surface area (Å²) in [5.74, 6) is -0.959. The van der Waals surface area contributed by atoms with Gasteiger partial charge in [0, 0.05) is 17.3 Å². The molecule has 4 rings (SSSR count). The first-order chi connectivity index (χ1) is 16.4. The van der Waals surface area contributed by atoms with Crippen molar-refractivity contribution in [2.75, 3.05) is 17.3 Å². The van der Waals surface area contributed by atoms with E-state index < -0.39 is 29.7 Å². The molecule has 0 spiro atoms. The number of carbonyl (C=O) groups excluding carboxylic acids is 3. The monoisotopic (exact) mass is 481 g/mol. The Morgan fingerprint density at radius 3 is 2.50 bits per heavy atom. The summed E-state index contributed by atoms with van der Waals surface area (Å²) in [7, 11) is 1.53. The van der Waals surface area contributed by atoms with Crippen LogP contribution >= 0.6 is 11.6 Å². The Bertz CT molecular complexity index is 1230. The van der Waals surface area contributed by atoms with Crippen LogP contribution in [0.15, 0.2) is 72.8 Å². The lowest BCUT2D eigenvalue weighted by Crippen LogP contribution is -2.37. The predicted molar refractivity (Wildman–Crippen MR) is 126 cm³/mol. The van der Waals surface area contributed by atoms with Crippen LogP contribution in [0.4, 0.5) is 20.6 Å². The number of halogens is 2. The number of amides is 4. The van der Waals surface area contributed by atoms with Gasteiger partial charge in [0.15, 0.2) is 0 Å². The molecule has 1 N–H and O–H groups in total. The van der Waals surface area contributed by atoms with Gasteiger partial charge in [0.1, 0.15) is 17.6 Å². The highest BCUT2D eigenvalue weighted by Gasteiger charge is 2.46. The average Bonchev–Trinajstić information content (AvgIpc) is 3.04. The third-order valence-electron chi connectivity index (χ3n) is 5.38. The molecule has 1 saturated heterocycles. The van der Waals surface area contributed by atoms with Crippen LogP contribution in [-0.2, 0) is 16.1 Å². The molecule has 3 aromatic rings. The Morgan fingerprint density at radius 1 is 1.06 bits per heavy atom. The number of rotatable bonds is 7. The van der Waals surface area contributed by atoms with Gasteiger partial charge in [-0.05, 0) is 60.2 Å². The Kier molecular flexibility index (Phi) is 6.79. The topological polar surface area (TPSA) is 79.0 Å². The van der Waals surface area contributed by atoms with Crippen LogP contribution in [0.2, 0.25) is 5.02 Å². The van der Waals surface area contributed by atoms with Gasteiger partial charge in [-0.1, -0.05) is 29.8 Å². The van der Waals surface area contributed by atoms with Crippen molar-refractivity contribution in [3.63, 3.8) is 0 Å². The van der Waals surface area contributed by atoms with Gasteiger partial charge in [0.25, 0.3) is 5.91 Å². The van der Waals surface area contributed by atoms with Crippen molar-refractivity contribution in [2.24, 2.45) is 0 Å². The smallest absolute Gasteiger partial charge is 0.332 e. The summed E-state index contributed by atoms with van der Waals surface area (Å²) < 4.78 is 18.7. The first-order valence-corrected chi connectivity index (χ1v) is 10.8. The molecular weight excluding hydrogens is 461 g/mol. The molecule has 0 saturated carbocycles. The highest BCUT2D eigenvalue weighted by atomic mass is 35.5. The zero-order chi connectivity index (χ0) is 24.2. The van der Waals surface area contributed by atoms with Crippen LogP contribution in [0.3, 0.4) is 0 Å². The van der Waals surface area contributed by atoms with E-state index in [1.54, 1.807) is 48.5 Å². The maximum Gasteiger partial charge on any atom is 0.332 e. The normalized spacial score (nSPS) is 15.6. The van der Waals surface area contributed by atoms with Crippen molar-refractivity contribution in [3.05, 3.63) is 89.2 Å². The molecule has 1 heterocycles. The van der Waals surface area contributed by atoms with Crippen LogP contribution < -0.4 is 15.0 Å². The van der Waals surface area contributed by atoms with Gasteiger partial charge in [-0.3, -0.25) is 9.59 Å². The molecule has 4 amide bonds. The van der Waals surface area contributed by atoms with E-state index in [4.69, 9.17) is 16.3 Å². The number of nitrogens with zero attached hydrogens (tertiary/aromatic N) is 2. The molecule has 1 atom stereocenters. The molecule has 0 unspecified atom stereocenters. The third kappa shape index (κ3) is 5.02. The molecule has 1 fully saturated rings. The van der Waals surface area contributed by atoms with Crippen molar-refractivity contribution in [1.29, 1.82) is 0 Å². The van der Waals surface area contributed by atoms with Crippen LogP contribution in [0.1, 0.15) is 12.0 Å². The summed E-state index contributed by atoms with van der Waals surface area (Å²) >= 11 is 5.95. The zero-order valence-corrected chi connectivity index (χ0v) is 19.0. The van der Waals surface area contributed by atoms with Gasteiger partial charge >= 0.3 is 6.03 Å². The Hall–Kier alpha value is -3.91. The first kappa shape index (κ1) is 23.3. The van der Waals surface area contributed by atoms with Crippen molar-refractivity contribution < 1.29 is 23.5 Å². The van der Waals surface area contributed by atoms with Crippen molar-refractivity contribution in [2.45, 2.75) is 19.0 Å². The van der Waals surface area contributed by atoms with Gasteiger partial charge < -0.3 is 15.0 Å². The summed E-state index contributed by atoms with van der Waals surface area (Å²) in [4.78, 5) is 41.8. The second-order valence-corrected chi connectivity index (χ2v) is 8.13. The lowest BCUT2D eigenvalue weighted by molar-refractivity contribution is -0.124. The quantitative estimate of drug-likeness (QED) is 0.489. The fraction of sp³-hybridized carbons (Fsp3) is 0.160. The minimum atomic E-state index is -1.05. The molecule has 3 aromatic carbocycles. The number of ether oxygens (including phenoxy) is 1. The number of benzene rings is 3. The average molecular weight is 482 g/mol. The van der Waals surface area contributed by atoms with E-state index in [2.05, 4.69) is 5.32 Å². The number of carbonyl (C=O) groups is 3. The molecule has 34 heavy (non-hydrogen) atoms. The zero-order valence-electron chi connectivity index (χ0n) is 18.2. The second-order valence-electron chi connectivity index (χ2n) is 7.69. The molecule has 1 aliphatic rings. The highest BCUT2D eigenvalue weighted by molar-refractivity contribution is 6.30. The van der Waals surface area contributed by atoms with Crippen LogP contribution in [0, 0.1) is 5.82 Å². The number of urea groups is 1. The lowest BCUT2D eigenvalue weighted by Gasteiger charge is -2.22. The van der Waals surface area contributed by atoms with E-state index in [0.29, 0.717) is 16.5 Å². The van der Waals surface area contributed by atoms with E-state index in [0.717, 1.165) is 10.5 Å². The number of methoxy groups -OCH3 is 1. The van der Waals surface area contributed by atoms with Crippen LogP contribution in [0.5, 0.6) is 5.75 Å². The lowest BCUT2D eigenvalue weighted by atomic mass is 10.1. The summed E-state index contributed by atoms with van der Waals surface area (Å²) in [5.41, 5.74) is 1.34. The minimum absolute atomic E-state index is 0.0871. The van der Waals surface area contributed by atoms with E-state index in [-0.39, 0.29) is 18.7 Å². The third-order valence-corrected chi connectivity index (χ3v) is 5.63. The van der Waals surface area contributed by atoms with Crippen molar-refractivity contribution in [3.8, 4) is 5.75 Å². The Balaban J connectivity index is 1.61. The molecule has 0 radical (unpaired) electrons. The van der Waals surface area contributed by atoms with E-state index in [1.807, 2.05) is 0 Å². The van der Waals surface area contributed by atoms with E-state index in [9.17, 15) is 18.8 Å². The second kappa shape index (κ2) is 9.93. The van der Waals surface area contributed by atoms with Gasteiger partial charge in [-0.2, -0.15) is 0 Å². The molecule has 0 aromatic heterocycles.